The molecule has 0 spiro atoms. The van der Waals surface area contributed by atoms with Gasteiger partial charge in [-0.05, 0) is 50.9 Å². The van der Waals surface area contributed by atoms with Crippen LogP contribution in [0.2, 0.25) is 0 Å². The molecule has 19 heavy (non-hydrogen) atoms. The van der Waals surface area contributed by atoms with Crippen LogP contribution in [0, 0.1) is 0 Å². The Labute approximate surface area is 117 Å². The average molecular weight is 265 g/mol. The van der Waals surface area contributed by atoms with Crippen LogP contribution in [0.3, 0.4) is 0 Å². The molecule has 0 aromatic heterocycles. The van der Waals surface area contributed by atoms with Crippen LogP contribution in [0.25, 0.3) is 0 Å². The molecular formula is C16H27NO2. The zero-order valence-electron chi connectivity index (χ0n) is 12.6. The number of methoxy groups -OCH3 is 1. The van der Waals surface area contributed by atoms with Gasteiger partial charge < -0.3 is 14.8 Å². The maximum Gasteiger partial charge on any atom is 0.118 e. The van der Waals surface area contributed by atoms with Crippen LogP contribution < -0.4 is 10.1 Å². The standard InChI is InChI=1S/C16H27NO2/c1-5-16(19-6-2)15(17-3)12-9-13-7-10-14(18-4)11-8-13/h7-8,10-11,15-17H,5-6,9,12H2,1-4H3. The minimum absolute atomic E-state index is 0.299. The molecule has 0 bridgehead atoms. The fourth-order valence-electron chi connectivity index (χ4n) is 2.36. The molecule has 0 saturated heterocycles. The molecular weight excluding hydrogens is 238 g/mol. The summed E-state index contributed by atoms with van der Waals surface area (Å²) in [6.45, 7) is 5.01. The second kappa shape index (κ2) is 8.94. The molecule has 0 heterocycles. The molecule has 0 fully saturated rings. The first-order chi connectivity index (χ1) is 9.24. The van der Waals surface area contributed by atoms with Gasteiger partial charge in [0.05, 0.1) is 13.2 Å². The van der Waals surface area contributed by atoms with E-state index >= 15 is 0 Å². The van der Waals surface area contributed by atoms with E-state index in [2.05, 4.69) is 31.3 Å². The fraction of sp³-hybridized carbons (Fsp3) is 0.625. The number of hydrogen-bond acceptors (Lipinski definition) is 3. The minimum atomic E-state index is 0.299. The SMILES string of the molecule is CCOC(CC)C(CCc1ccc(OC)cc1)NC. The van der Waals surface area contributed by atoms with Crippen molar-refractivity contribution >= 4 is 0 Å². The second-order valence-electron chi connectivity index (χ2n) is 4.68. The highest BCUT2D eigenvalue weighted by atomic mass is 16.5. The van der Waals surface area contributed by atoms with Gasteiger partial charge in [-0.25, -0.2) is 0 Å². The summed E-state index contributed by atoms with van der Waals surface area (Å²) in [4.78, 5) is 0. The van der Waals surface area contributed by atoms with E-state index in [1.54, 1.807) is 7.11 Å². The lowest BCUT2D eigenvalue weighted by atomic mass is 9.99. The van der Waals surface area contributed by atoms with Gasteiger partial charge in [-0.3, -0.25) is 0 Å². The summed E-state index contributed by atoms with van der Waals surface area (Å²) in [5.41, 5.74) is 1.34. The Hall–Kier alpha value is -1.06. The summed E-state index contributed by atoms with van der Waals surface area (Å²) in [6.07, 6.45) is 3.48. The molecule has 3 heteroatoms. The highest BCUT2D eigenvalue weighted by Crippen LogP contribution is 2.15. The summed E-state index contributed by atoms with van der Waals surface area (Å²) < 4.78 is 11.0. The zero-order chi connectivity index (χ0) is 14.1. The van der Waals surface area contributed by atoms with Crippen molar-refractivity contribution < 1.29 is 9.47 Å². The number of likely N-dealkylation sites (N-methyl/N-ethyl adjacent to an activating group) is 1. The predicted molar refractivity (Wildman–Crippen MR) is 79.9 cm³/mol. The Kier molecular flexibility index (Phi) is 7.53. The maximum atomic E-state index is 5.79. The Bertz CT molecular complexity index is 337. The lowest BCUT2D eigenvalue weighted by molar-refractivity contribution is 0.0317. The Morgan fingerprint density at radius 2 is 1.84 bits per heavy atom. The molecule has 0 aliphatic rings. The third-order valence-electron chi connectivity index (χ3n) is 3.51. The Morgan fingerprint density at radius 3 is 2.32 bits per heavy atom. The first-order valence-corrected chi connectivity index (χ1v) is 7.16. The molecule has 1 aromatic rings. The zero-order valence-corrected chi connectivity index (χ0v) is 12.6. The van der Waals surface area contributed by atoms with Crippen molar-refractivity contribution in [3.63, 3.8) is 0 Å². The summed E-state index contributed by atoms with van der Waals surface area (Å²) in [5, 5.41) is 3.38. The van der Waals surface area contributed by atoms with Gasteiger partial charge in [0, 0.05) is 12.6 Å². The van der Waals surface area contributed by atoms with E-state index in [4.69, 9.17) is 9.47 Å². The van der Waals surface area contributed by atoms with Gasteiger partial charge in [-0.15, -0.1) is 0 Å². The van der Waals surface area contributed by atoms with Crippen LogP contribution in [0.4, 0.5) is 0 Å². The summed E-state index contributed by atoms with van der Waals surface area (Å²) >= 11 is 0. The average Bonchev–Trinajstić information content (AvgIpc) is 2.47. The molecule has 1 rings (SSSR count). The van der Waals surface area contributed by atoms with Gasteiger partial charge in [0.25, 0.3) is 0 Å². The van der Waals surface area contributed by atoms with E-state index in [1.807, 2.05) is 19.2 Å². The first kappa shape index (κ1) is 16.0. The summed E-state index contributed by atoms with van der Waals surface area (Å²) in [5.74, 6) is 0.912. The third kappa shape index (κ3) is 5.21. The number of ether oxygens (including phenoxy) is 2. The van der Waals surface area contributed by atoms with E-state index in [0.29, 0.717) is 12.1 Å². The largest absolute Gasteiger partial charge is 0.497 e. The van der Waals surface area contributed by atoms with Crippen molar-refractivity contribution in [1.82, 2.24) is 5.32 Å². The van der Waals surface area contributed by atoms with Gasteiger partial charge in [0.2, 0.25) is 0 Å². The second-order valence-corrected chi connectivity index (χ2v) is 4.68. The molecule has 0 aliphatic heterocycles. The van der Waals surface area contributed by atoms with Crippen molar-refractivity contribution in [2.45, 2.75) is 45.3 Å². The number of rotatable bonds is 9. The normalized spacial score (nSPS) is 14.1. The predicted octanol–water partition coefficient (Wildman–Crippen LogP) is 3.03. The molecule has 0 amide bonds. The fourth-order valence-corrected chi connectivity index (χ4v) is 2.36. The van der Waals surface area contributed by atoms with Crippen LogP contribution in [0.1, 0.15) is 32.3 Å². The number of nitrogens with one attached hydrogen (secondary N) is 1. The molecule has 2 atom stereocenters. The molecule has 108 valence electrons. The third-order valence-corrected chi connectivity index (χ3v) is 3.51. The van der Waals surface area contributed by atoms with Crippen LogP contribution in [0.5, 0.6) is 5.75 Å². The smallest absolute Gasteiger partial charge is 0.118 e. The van der Waals surface area contributed by atoms with Gasteiger partial charge in [-0.2, -0.15) is 0 Å². The minimum Gasteiger partial charge on any atom is -0.497 e. The van der Waals surface area contributed by atoms with Gasteiger partial charge >= 0.3 is 0 Å². The number of benzene rings is 1. The lowest BCUT2D eigenvalue weighted by Crippen LogP contribution is -2.39. The van der Waals surface area contributed by atoms with E-state index in [9.17, 15) is 0 Å². The van der Waals surface area contributed by atoms with Crippen LogP contribution >= 0.6 is 0 Å². The van der Waals surface area contributed by atoms with E-state index < -0.39 is 0 Å². The first-order valence-electron chi connectivity index (χ1n) is 7.16. The molecule has 1 N–H and O–H groups in total. The summed E-state index contributed by atoms with van der Waals surface area (Å²) in [7, 11) is 3.71. The van der Waals surface area contributed by atoms with E-state index in [1.165, 1.54) is 5.56 Å². The highest BCUT2D eigenvalue weighted by molar-refractivity contribution is 5.27. The number of aryl methyl sites for hydroxylation is 1. The molecule has 1 aromatic carbocycles. The molecule has 0 aliphatic carbocycles. The Balaban J connectivity index is 2.51. The Morgan fingerprint density at radius 1 is 1.16 bits per heavy atom. The van der Waals surface area contributed by atoms with Crippen molar-refractivity contribution in [3.05, 3.63) is 29.8 Å². The van der Waals surface area contributed by atoms with Gasteiger partial charge in [-0.1, -0.05) is 19.1 Å². The van der Waals surface area contributed by atoms with E-state index in [0.717, 1.165) is 31.6 Å². The topological polar surface area (TPSA) is 30.5 Å². The van der Waals surface area contributed by atoms with Crippen molar-refractivity contribution in [3.8, 4) is 5.75 Å². The number of hydrogen-bond donors (Lipinski definition) is 1. The monoisotopic (exact) mass is 265 g/mol. The lowest BCUT2D eigenvalue weighted by Gasteiger charge is -2.25. The molecule has 0 saturated carbocycles. The molecule has 2 unspecified atom stereocenters. The quantitative estimate of drug-likeness (QED) is 0.744. The summed E-state index contributed by atoms with van der Waals surface area (Å²) in [6, 6.07) is 8.71. The maximum absolute atomic E-state index is 5.79. The van der Waals surface area contributed by atoms with Gasteiger partial charge in [0.15, 0.2) is 0 Å². The van der Waals surface area contributed by atoms with Crippen LogP contribution in [-0.4, -0.2) is 32.9 Å². The van der Waals surface area contributed by atoms with Gasteiger partial charge in [0.1, 0.15) is 5.75 Å². The molecule has 0 radical (unpaired) electrons. The molecule has 3 nitrogen and oxygen atoms in total. The van der Waals surface area contributed by atoms with Crippen LogP contribution in [-0.2, 0) is 11.2 Å². The van der Waals surface area contributed by atoms with Crippen molar-refractivity contribution in [2.75, 3.05) is 20.8 Å². The van der Waals surface area contributed by atoms with Crippen molar-refractivity contribution in [2.24, 2.45) is 0 Å². The van der Waals surface area contributed by atoms with E-state index in [-0.39, 0.29) is 0 Å². The highest BCUT2D eigenvalue weighted by Gasteiger charge is 2.18. The van der Waals surface area contributed by atoms with Crippen molar-refractivity contribution in [1.29, 1.82) is 0 Å². The van der Waals surface area contributed by atoms with Crippen LogP contribution in [0.15, 0.2) is 24.3 Å².